The molecule has 0 radical (unpaired) electrons. The maximum atomic E-state index is 13.5. The van der Waals surface area contributed by atoms with Crippen molar-refractivity contribution in [2.45, 2.75) is 13.0 Å². The second kappa shape index (κ2) is 5.51. The van der Waals surface area contributed by atoms with Gasteiger partial charge in [0.05, 0.1) is 17.5 Å². The molecule has 0 aliphatic carbocycles. The highest BCUT2D eigenvalue weighted by Gasteiger charge is 2.16. The predicted octanol–water partition coefficient (Wildman–Crippen LogP) is 2.85. The molecule has 0 bridgehead atoms. The van der Waals surface area contributed by atoms with Crippen LogP contribution >= 0.6 is 0 Å². The standard InChI is InChI=1S/C15H11F2N3O2/c16-10-6-12-13(7-11(10)17)20(5-3-14(21)22)15(19-12)9-2-1-4-18-8-9/h1-2,4,6-8H,3,5H2,(H,21,22). The SMILES string of the molecule is O=C(O)CCn1c(-c2cccnc2)nc2cc(F)c(F)cc21. The third-order valence-electron chi connectivity index (χ3n) is 3.26. The highest BCUT2D eigenvalue weighted by molar-refractivity contribution is 5.81. The molecule has 0 aliphatic rings. The second-order valence-electron chi connectivity index (χ2n) is 4.73. The number of aliphatic carboxylic acids is 1. The van der Waals surface area contributed by atoms with E-state index in [-0.39, 0.29) is 18.5 Å². The summed E-state index contributed by atoms with van der Waals surface area (Å²) < 4.78 is 28.4. The topological polar surface area (TPSA) is 68.0 Å². The van der Waals surface area contributed by atoms with Gasteiger partial charge < -0.3 is 9.67 Å². The van der Waals surface area contributed by atoms with Gasteiger partial charge in [0, 0.05) is 36.6 Å². The number of hydrogen-bond acceptors (Lipinski definition) is 3. The number of rotatable bonds is 4. The number of carboxylic acids is 1. The molecule has 0 unspecified atom stereocenters. The third kappa shape index (κ3) is 2.52. The number of fused-ring (bicyclic) bond motifs is 1. The van der Waals surface area contributed by atoms with Crippen LogP contribution in [0.15, 0.2) is 36.7 Å². The molecule has 22 heavy (non-hydrogen) atoms. The van der Waals surface area contributed by atoms with E-state index in [1.807, 2.05) is 0 Å². The molecule has 1 N–H and O–H groups in total. The van der Waals surface area contributed by atoms with E-state index in [2.05, 4.69) is 9.97 Å². The van der Waals surface area contributed by atoms with Crippen molar-refractivity contribution in [3.8, 4) is 11.4 Å². The summed E-state index contributed by atoms with van der Waals surface area (Å²) in [7, 11) is 0. The lowest BCUT2D eigenvalue weighted by molar-refractivity contribution is -0.137. The van der Waals surface area contributed by atoms with Crippen LogP contribution in [0.5, 0.6) is 0 Å². The molecule has 3 rings (SSSR count). The summed E-state index contributed by atoms with van der Waals surface area (Å²) >= 11 is 0. The van der Waals surface area contributed by atoms with Crippen molar-refractivity contribution in [2.24, 2.45) is 0 Å². The first-order chi connectivity index (χ1) is 10.6. The Bertz CT molecular complexity index is 847. The van der Waals surface area contributed by atoms with Gasteiger partial charge in [-0.3, -0.25) is 9.78 Å². The zero-order valence-corrected chi connectivity index (χ0v) is 11.3. The molecule has 0 fully saturated rings. The number of pyridine rings is 1. The highest BCUT2D eigenvalue weighted by atomic mass is 19.2. The molecule has 0 aliphatic heterocycles. The summed E-state index contributed by atoms with van der Waals surface area (Å²) in [6.07, 6.45) is 3.00. The van der Waals surface area contributed by atoms with E-state index in [4.69, 9.17) is 5.11 Å². The van der Waals surface area contributed by atoms with Crippen molar-refractivity contribution in [1.29, 1.82) is 0 Å². The van der Waals surface area contributed by atoms with E-state index in [9.17, 15) is 13.6 Å². The van der Waals surface area contributed by atoms with Crippen LogP contribution in [-0.4, -0.2) is 25.6 Å². The Morgan fingerprint density at radius 3 is 2.73 bits per heavy atom. The van der Waals surface area contributed by atoms with Gasteiger partial charge in [0.1, 0.15) is 5.82 Å². The largest absolute Gasteiger partial charge is 0.481 e. The number of nitrogens with zero attached hydrogens (tertiary/aromatic N) is 3. The average molecular weight is 303 g/mol. The smallest absolute Gasteiger partial charge is 0.305 e. The van der Waals surface area contributed by atoms with E-state index in [0.29, 0.717) is 16.9 Å². The lowest BCUT2D eigenvalue weighted by Crippen LogP contribution is -2.06. The molecule has 0 spiro atoms. The van der Waals surface area contributed by atoms with Gasteiger partial charge in [0.15, 0.2) is 11.6 Å². The number of aromatic nitrogens is 3. The van der Waals surface area contributed by atoms with Gasteiger partial charge in [-0.05, 0) is 12.1 Å². The Kier molecular flexibility index (Phi) is 3.54. The number of carbonyl (C=O) groups is 1. The predicted molar refractivity (Wildman–Crippen MR) is 75.1 cm³/mol. The zero-order chi connectivity index (χ0) is 15.7. The first-order valence-electron chi connectivity index (χ1n) is 6.54. The molecule has 0 saturated carbocycles. The first kappa shape index (κ1) is 14.1. The molecule has 0 amide bonds. The van der Waals surface area contributed by atoms with Crippen LogP contribution in [0.4, 0.5) is 8.78 Å². The Morgan fingerprint density at radius 1 is 1.27 bits per heavy atom. The number of carboxylic acid groups (broad SMARTS) is 1. The molecule has 2 heterocycles. The molecule has 3 aromatic rings. The van der Waals surface area contributed by atoms with Crippen molar-refractivity contribution in [3.05, 3.63) is 48.3 Å². The minimum atomic E-state index is -0.998. The van der Waals surface area contributed by atoms with Crippen LogP contribution < -0.4 is 0 Å². The van der Waals surface area contributed by atoms with Crippen molar-refractivity contribution in [3.63, 3.8) is 0 Å². The third-order valence-corrected chi connectivity index (χ3v) is 3.26. The summed E-state index contributed by atoms with van der Waals surface area (Å²) in [5, 5.41) is 8.86. The minimum Gasteiger partial charge on any atom is -0.481 e. The van der Waals surface area contributed by atoms with Gasteiger partial charge in [-0.2, -0.15) is 0 Å². The van der Waals surface area contributed by atoms with Gasteiger partial charge in [-0.1, -0.05) is 0 Å². The van der Waals surface area contributed by atoms with Crippen LogP contribution in [0, 0.1) is 11.6 Å². The highest BCUT2D eigenvalue weighted by Crippen LogP contribution is 2.26. The van der Waals surface area contributed by atoms with E-state index in [1.54, 1.807) is 29.1 Å². The summed E-state index contributed by atoms with van der Waals surface area (Å²) in [6, 6.07) is 5.48. The van der Waals surface area contributed by atoms with Crippen LogP contribution in [0.25, 0.3) is 22.4 Å². The molecule has 0 atom stereocenters. The van der Waals surface area contributed by atoms with Gasteiger partial charge in [0.2, 0.25) is 0 Å². The molecule has 112 valence electrons. The number of hydrogen-bond donors (Lipinski definition) is 1. The van der Waals surface area contributed by atoms with E-state index in [0.717, 1.165) is 12.1 Å². The van der Waals surface area contributed by atoms with Gasteiger partial charge in [-0.25, -0.2) is 13.8 Å². The summed E-state index contributed by atoms with van der Waals surface area (Å²) in [6.45, 7) is 0.0983. The second-order valence-corrected chi connectivity index (χ2v) is 4.73. The monoisotopic (exact) mass is 303 g/mol. The van der Waals surface area contributed by atoms with E-state index in [1.165, 1.54) is 0 Å². The lowest BCUT2D eigenvalue weighted by atomic mass is 10.2. The van der Waals surface area contributed by atoms with Crippen molar-refractivity contribution >= 4 is 17.0 Å². The van der Waals surface area contributed by atoms with Crippen molar-refractivity contribution in [2.75, 3.05) is 0 Å². The molecule has 5 nitrogen and oxygen atoms in total. The van der Waals surface area contributed by atoms with Crippen LogP contribution in [0.3, 0.4) is 0 Å². The van der Waals surface area contributed by atoms with E-state index < -0.39 is 17.6 Å². The molecule has 2 aromatic heterocycles. The van der Waals surface area contributed by atoms with Crippen molar-refractivity contribution in [1.82, 2.24) is 14.5 Å². The lowest BCUT2D eigenvalue weighted by Gasteiger charge is -2.07. The fraction of sp³-hybridized carbons (Fsp3) is 0.133. The Labute approximate surface area is 123 Å². The van der Waals surface area contributed by atoms with Crippen molar-refractivity contribution < 1.29 is 18.7 Å². The molecular weight excluding hydrogens is 292 g/mol. The van der Waals surface area contributed by atoms with Gasteiger partial charge in [-0.15, -0.1) is 0 Å². The number of aryl methyl sites for hydroxylation is 1. The Morgan fingerprint density at radius 2 is 2.05 bits per heavy atom. The van der Waals surface area contributed by atoms with Gasteiger partial charge in [0.25, 0.3) is 0 Å². The molecular formula is C15H11F2N3O2. The van der Waals surface area contributed by atoms with Crippen LogP contribution in [0.2, 0.25) is 0 Å². The van der Waals surface area contributed by atoms with Crippen LogP contribution in [0.1, 0.15) is 6.42 Å². The quantitative estimate of drug-likeness (QED) is 0.804. The summed E-state index contributed by atoms with van der Waals surface area (Å²) in [5.74, 6) is -2.55. The zero-order valence-electron chi connectivity index (χ0n) is 11.3. The Balaban J connectivity index is 2.21. The maximum Gasteiger partial charge on any atom is 0.305 e. The summed E-state index contributed by atoms with van der Waals surface area (Å²) in [5.41, 5.74) is 1.26. The normalized spacial score (nSPS) is 11.0. The number of halogens is 2. The van der Waals surface area contributed by atoms with Gasteiger partial charge >= 0.3 is 5.97 Å². The Hall–Kier alpha value is -2.83. The fourth-order valence-electron chi connectivity index (χ4n) is 2.27. The maximum absolute atomic E-state index is 13.5. The first-order valence-corrected chi connectivity index (χ1v) is 6.54. The molecule has 0 saturated heterocycles. The fourth-order valence-corrected chi connectivity index (χ4v) is 2.27. The van der Waals surface area contributed by atoms with Crippen LogP contribution in [-0.2, 0) is 11.3 Å². The summed E-state index contributed by atoms with van der Waals surface area (Å²) in [4.78, 5) is 19.1. The van der Waals surface area contributed by atoms with E-state index >= 15 is 0 Å². The number of benzene rings is 1. The molecule has 7 heteroatoms. The molecule has 1 aromatic carbocycles. The average Bonchev–Trinajstić information content (AvgIpc) is 2.84. The number of imidazole rings is 1. The minimum absolute atomic E-state index is 0.0983.